The highest BCUT2D eigenvalue weighted by molar-refractivity contribution is 7.92. The zero-order valence-electron chi connectivity index (χ0n) is 23.2. The van der Waals surface area contributed by atoms with Crippen LogP contribution in [0.2, 0.25) is 0 Å². The van der Waals surface area contributed by atoms with Crippen molar-refractivity contribution in [2.75, 3.05) is 49.2 Å². The number of rotatable bonds is 16. The molecule has 0 radical (unpaired) electrons. The smallest absolute Gasteiger partial charge is 0.248 e. The van der Waals surface area contributed by atoms with E-state index in [0.717, 1.165) is 25.7 Å². The Balaban J connectivity index is 1.64. The van der Waals surface area contributed by atoms with Crippen molar-refractivity contribution in [3.05, 3.63) is 0 Å². The van der Waals surface area contributed by atoms with Gasteiger partial charge < -0.3 is 18.9 Å². The van der Waals surface area contributed by atoms with Gasteiger partial charge in [0.2, 0.25) is 11.8 Å². The second kappa shape index (κ2) is 14.1. The van der Waals surface area contributed by atoms with Crippen molar-refractivity contribution in [1.82, 2.24) is 19.6 Å². The lowest BCUT2D eigenvalue weighted by Gasteiger charge is -2.35. The highest BCUT2D eigenvalue weighted by Crippen LogP contribution is 2.28. The molecule has 0 aromatic carbocycles. The molecule has 0 saturated carbocycles. The van der Waals surface area contributed by atoms with Gasteiger partial charge in [-0.25, -0.2) is 0 Å². The number of amides is 2. The largest absolute Gasteiger partial charge is 0.616 e. The first-order valence-electron chi connectivity index (χ1n) is 13.2. The van der Waals surface area contributed by atoms with Crippen LogP contribution in [0.15, 0.2) is 0 Å². The maximum atomic E-state index is 12.5. The molecule has 2 heterocycles. The van der Waals surface area contributed by atoms with Gasteiger partial charge in [0.25, 0.3) is 0 Å². The molecule has 2 aliphatic rings. The van der Waals surface area contributed by atoms with Gasteiger partial charge in [0.15, 0.2) is 10.2 Å². The summed E-state index contributed by atoms with van der Waals surface area (Å²) in [5.41, 5.74) is -0.814. The van der Waals surface area contributed by atoms with Crippen molar-refractivity contribution in [3.8, 4) is 0 Å². The highest BCUT2D eigenvalue weighted by Gasteiger charge is 2.42. The number of nitrogens with zero attached hydrogens (tertiary/aromatic N) is 4. The Hall–Kier alpha value is -0.660. The van der Waals surface area contributed by atoms with E-state index in [0.29, 0.717) is 65.8 Å². The molecule has 0 spiro atoms. The summed E-state index contributed by atoms with van der Waals surface area (Å²) in [6.07, 6.45) is 3.59. The number of thiocarbonyl (C=S) groups is 2. The van der Waals surface area contributed by atoms with Crippen LogP contribution in [0, 0.1) is 0 Å². The molecule has 0 bridgehead atoms. The van der Waals surface area contributed by atoms with Gasteiger partial charge in [-0.05, 0) is 91.7 Å². The lowest BCUT2D eigenvalue weighted by molar-refractivity contribution is -0.129. The van der Waals surface area contributed by atoms with E-state index in [4.69, 9.17) is 24.4 Å². The van der Waals surface area contributed by atoms with Crippen LogP contribution in [0.3, 0.4) is 0 Å². The summed E-state index contributed by atoms with van der Waals surface area (Å²) in [5, 5.41) is 1.17. The van der Waals surface area contributed by atoms with Crippen molar-refractivity contribution in [3.63, 3.8) is 0 Å². The third kappa shape index (κ3) is 8.66. The van der Waals surface area contributed by atoms with E-state index in [1.165, 1.54) is 0 Å². The predicted octanol–water partition coefficient (Wildman–Crippen LogP) is 2.89. The van der Waals surface area contributed by atoms with Gasteiger partial charge in [-0.15, -0.1) is 0 Å². The van der Waals surface area contributed by atoms with E-state index in [9.17, 15) is 18.7 Å². The van der Waals surface area contributed by atoms with Crippen molar-refractivity contribution in [2.24, 2.45) is 0 Å². The Morgan fingerprint density at radius 1 is 0.703 bits per heavy atom. The third-order valence-electron chi connectivity index (χ3n) is 7.11. The summed E-state index contributed by atoms with van der Waals surface area (Å²) in [6.45, 7) is 14.1. The van der Waals surface area contributed by atoms with E-state index >= 15 is 0 Å². The number of hydrogen-bond acceptors (Lipinski definition) is 6. The Kier molecular flexibility index (Phi) is 12.4. The van der Waals surface area contributed by atoms with Crippen LogP contribution in [0.4, 0.5) is 0 Å². The average molecular weight is 593 g/mol. The van der Waals surface area contributed by atoms with Crippen LogP contribution < -0.4 is 0 Å². The summed E-state index contributed by atoms with van der Waals surface area (Å²) in [4.78, 5) is 32.1. The zero-order valence-corrected chi connectivity index (χ0v) is 26.5. The van der Waals surface area contributed by atoms with Crippen LogP contribution in [0.1, 0.15) is 73.6 Å². The third-order valence-corrected chi connectivity index (χ3v) is 11.0. The molecule has 2 unspecified atom stereocenters. The maximum absolute atomic E-state index is 12.5. The topological polar surface area (TPSA) is 93.2 Å². The van der Waals surface area contributed by atoms with Gasteiger partial charge in [-0.1, -0.05) is 22.4 Å². The van der Waals surface area contributed by atoms with Gasteiger partial charge in [0.1, 0.15) is 23.0 Å². The Morgan fingerprint density at radius 3 is 1.32 bits per heavy atom. The molecular formula is C25H44N4O4S4. The van der Waals surface area contributed by atoms with Crippen LogP contribution >= 0.6 is 24.4 Å². The molecule has 2 fully saturated rings. The van der Waals surface area contributed by atoms with Gasteiger partial charge in [-0.2, -0.15) is 0 Å². The molecule has 12 heteroatoms. The molecule has 2 saturated heterocycles. The van der Waals surface area contributed by atoms with Gasteiger partial charge in [0, 0.05) is 30.6 Å². The van der Waals surface area contributed by atoms with Gasteiger partial charge in [-0.3, -0.25) is 19.4 Å². The van der Waals surface area contributed by atoms with Crippen molar-refractivity contribution in [1.29, 1.82) is 0 Å². The molecule has 0 N–H and O–H groups in total. The van der Waals surface area contributed by atoms with E-state index < -0.39 is 33.4 Å². The molecule has 2 atom stereocenters. The number of likely N-dealkylation sites (N-methyl/N-ethyl adjacent to an activating group) is 2. The van der Waals surface area contributed by atoms with Gasteiger partial charge >= 0.3 is 0 Å². The average Bonchev–Trinajstić information content (AvgIpc) is 3.27. The molecular weight excluding hydrogens is 549 g/mol. The van der Waals surface area contributed by atoms with E-state index in [1.54, 1.807) is 9.80 Å². The minimum atomic E-state index is -0.977. The van der Waals surface area contributed by atoms with Crippen molar-refractivity contribution >= 4 is 68.8 Å². The van der Waals surface area contributed by atoms with Crippen molar-refractivity contribution < 1.29 is 18.7 Å². The summed E-state index contributed by atoms with van der Waals surface area (Å²) in [7, 11) is 0. The fraction of sp³-hybridized carbons (Fsp3) is 0.840. The molecule has 37 heavy (non-hydrogen) atoms. The zero-order chi connectivity index (χ0) is 28.0. The first-order chi connectivity index (χ1) is 17.2. The molecule has 2 aliphatic heterocycles. The van der Waals surface area contributed by atoms with Crippen LogP contribution in [-0.2, 0) is 31.9 Å². The fourth-order valence-electron chi connectivity index (χ4n) is 4.93. The number of hydrogen-bond donors (Lipinski definition) is 0. The summed E-state index contributed by atoms with van der Waals surface area (Å²) in [5.74, 6) is 2.25. The normalized spacial score (nSPS) is 19.0. The molecule has 8 nitrogen and oxygen atoms in total. The Bertz CT molecular complexity index is 776. The lowest BCUT2D eigenvalue weighted by atomic mass is 9.97. The number of carbonyl (C=O) groups is 2. The van der Waals surface area contributed by atoms with Crippen LogP contribution in [0.5, 0.6) is 0 Å². The number of carbonyl (C=O) groups excluding carboxylic acids is 2. The summed E-state index contributed by atoms with van der Waals surface area (Å²) in [6, 6.07) is 0. The van der Waals surface area contributed by atoms with Gasteiger partial charge in [0.05, 0.1) is 13.1 Å². The monoisotopic (exact) mass is 592 g/mol. The maximum Gasteiger partial charge on any atom is 0.248 e. The van der Waals surface area contributed by atoms with Crippen LogP contribution in [0.25, 0.3) is 0 Å². The second-order valence-corrected chi connectivity index (χ2v) is 15.1. The predicted molar refractivity (Wildman–Crippen MR) is 160 cm³/mol. The highest BCUT2D eigenvalue weighted by atomic mass is 32.2. The van der Waals surface area contributed by atoms with E-state index in [1.807, 2.05) is 51.3 Å². The molecule has 2 amide bonds. The molecule has 0 aromatic rings. The standard InChI is InChI=1S/C25H44N4O4S4/c1-7-26-18-20(30)28(22(26)34)24(3,4)12-9-14-36(32)16-11-17-37(33)15-10-13-25(5,6)29-21(31)19-27(8-2)23(29)35/h7-19H2,1-6H3. The van der Waals surface area contributed by atoms with E-state index in [2.05, 4.69) is 0 Å². The fourth-order valence-corrected chi connectivity index (χ4v) is 8.47. The second-order valence-electron chi connectivity index (χ2n) is 10.9. The molecule has 212 valence electrons. The van der Waals surface area contributed by atoms with E-state index in [-0.39, 0.29) is 11.8 Å². The summed E-state index contributed by atoms with van der Waals surface area (Å²) >= 11 is 9.02. The van der Waals surface area contributed by atoms with Crippen LogP contribution in [-0.4, -0.2) is 111 Å². The quantitative estimate of drug-likeness (QED) is 0.200. The first kappa shape index (κ1) is 32.6. The Labute approximate surface area is 240 Å². The van der Waals surface area contributed by atoms with Crippen molar-refractivity contribution in [2.45, 2.75) is 84.7 Å². The molecule has 0 aromatic heterocycles. The summed E-state index contributed by atoms with van der Waals surface area (Å²) < 4.78 is 25.0. The molecule has 0 aliphatic carbocycles. The first-order valence-corrected chi connectivity index (χ1v) is 17.0. The SMILES string of the molecule is CCN1CC(=O)N(C(C)(C)CCC[S+]([O-])CCC[S+]([O-])CCCC(C)(C)N2C(=O)CN(CC)C2=S)C1=S. The Morgan fingerprint density at radius 2 is 1.03 bits per heavy atom. The minimum absolute atomic E-state index is 0.0292. The lowest BCUT2D eigenvalue weighted by Crippen LogP contribution is -2.48. The minimum Gasteiger partial charge on any atom is -0.616 e. The molecule has 2 rings (SSSR count).